The lowest BCUT2D eigenvalue weighted by molar-refractivity contribution is -0.689. The largest absolute Gasteiger partial charge is 1.00 e. The molecule has 0 radical (unpaired) electrons. The molecule has 0 saturated heterocycles. The predicted molar refractivity (Wildman–Crippen MR) is 240 cm³/mol. The van der Waals surface area contributed by atoms with Gasteiger partial charge < -0.3 is 43.4 Å². The minimum Gasteiger partial charge on any atom is -1.00 e. The second-order valence-corrected chi connectivity index (χ2v) is 16.0. The summed E-state index contributed by atoms with van der Waals surface area (Å²) in [5.41, 5.74) is 7.42. The normalized spacial score (nSPS) is 12.4. The van der Waals surface area contributed by atoms with Gasteiger partial charge in [-0.15, -0.1) is 0 Å². The van der Waals surface area contributed by atoms with Crippen LogP contribution in [0.4, 0.5) is 0 Å². The number of nitrogens with zero attached hydrogens (tertiary/aromatic N) is 7. The molecule has 0 saturated carbocycles. The zero-order valence-electron chi connectivity index (χ0n) is 34.4. The number of imidazole rings is 2. The van der Waals surface area contributed by atoms with Crippen LogP contribution in [-0.4, -0.2) is 24.1 Å². The molecule has 6 heterocycles. The molecule has 0 amide bonds. The molecule has 0 unspecified atom stereocenters. The number of hydrogen-bond donors (Lipinski definition) is 0. The Morgan fingerprint density at radius 3 is 1.36 bits per heavy atom. The third-order valence-corrected chi connectivity index (χ3v) is 11.7. The summed E-state index contributed by atoms with van der Waals surface area (Å²) < 4.78 is 23.1. The molecule has 12 rings (SSSR count). The van der Waals surface area contributed by atoms with E-state index in [0.29, 0.717) is 49.4 Å². The molecular formula is C53H39Br2N7O2. The zero-order chi connectivity index (χ0) is 41.0. The molecule has 1 aliphatic heterocycles. The van der Waals surface area contributed by atoms with E-state index < -0.39 is 0 Å². The van der Waals surface area contributed by atoms with Gasteiger partial charge in [0, 0.05) is 21.9 Å². The van der Waals surface area contributed by atoms with Crippen LogP contribution in [0.1, 0.15) is 22.5 Å². The van der Waals surface area contributed by atoms with Crippen molar-refractivity contribution in [2.75, 3.05) is 0 Å². The van der Waals surface area contributed by atoms with Crippen LogP contribution in [0.3, 0.4) is 0 Å². The van der Waals surface area contributed by atoms with Crippen LogP contribution < -0.4 is 52.6 Å². The molecule has 11 heteroatoms. The highest BCUT2D eigenvalue weighted by Gasteiger charge is 2.24. The van der Waals surface area contributed by atoms with Crippen LogP contribution in [0.15, 0.2) is 189 Å². The van der Waals surface area contributed by atoms with E-state index in [2.05, 4.69) is 171 Å². The Hall–Kier alpha value is -7.21. The Kier molecular flexibility index (Phi) is 11.0. The highest BCUT2D eigenvalue weighted by molar-refractivity contribution is 6.10. The quantitative estimate of drug-likeness (QED) is 0.211. The van der Waals surface area contributed by atoms with Crippen LogP contribution in [-0.2, 0) is 26.2 Å². The van der Waals surface area contributed by atoms with Crippen LogP contribution in [0, 0.1) is 0 Å². The van der Waals surface area contributed by atoms with Crippen molar-refractivity contribution in [3.63, 3.8) is 0 Å². The van der Waals surface area contributed by atoms with Crippen molar-refractivity contribution in [3.8, 4) is 34.4 Å². The van der Waals surface area contributed by atoms with E-state index in [1.807, 2.05) is 36.4 Å². The molecule has 0 aliphatic carbocycles. The van der Waals surface area contributed by atoms with E-state index in [1.165, 1.54) is 0 Å². The van der Waals surface area contributed by atoms with Crippen LogP contribution in [0.2, 0.25) is 0 Å². The van der Waals surface area contributed by atoms with Crippen molar-refractivity contribution in [3.05, 3.63) is 212 Å². The molecule has 6 aromatic carbocycles. The molecule has 312 valence electrons. The van der Waals surface area contributed by atoms with Crippen molar-refractivity contribution >= 4 is 43.4 Å². The Morgan fingerprint density at radius 2 is 0.875 bits per heavy atom. The number of para-hydroxylation sites is 2. The van der Waals surface area contributed by atoms with Gasteiger partial charge in [-0.1, -0.05) is 103 Å². The van der Waals surface area contributed by atoms with Gasteiger partial charge in [0.1, 0.15) is 62.5 Å². The van der Waals surface area contributed by atoms with Crippen molar-refractivity contribution in [1.82, 2.24) is 24.1 Å². The Bertz CT molecular complexity index is 3300. The number of pyridine rings is 3. The molecule has 6 bridgehead atoms. The van der Waals surface area contributed by atoms with Gasteiger partial charge in [0.2, 0.25) is 24.4 Å². The molecule has 5 aromatic heterocycles. The van der Waals surface area contributed by atoms with Gasteiger partial charge >= 0.3 is 0 Å². The Balaban J connectivity index is 0.00000242. The van der Waals surface area contributed by atoms with Gasteiger partial charge in [0.05, 0.1) is 33.5 Å². The second kappa shape index (κ2) is 17.2. The van der Waals surface area contributed by atoms with E-state index in [-0.39, 0.29) is 34.0 Å². The minimum atomic E-state index is 0. The monoisotopic (exact) mass is 963 g/mol. The maximum absolute atomic E-state index is 7.19. The highest BCUT2D eigenvalue weighted by atomic mass is 79.9. The number of ether oxygens (including phenoxy) is 2. The average Bonchev–Trinajstić information content (AvgIpc) is 3.95. The first-order chi connectivity index (χ1) is 30.6. The average molecular weight is 966 g/mol. The van der Waals surface area contributed by atoms with Crippen molar-refractivity contribution < 1.29 is 52.6 Å². The molecule has 9 nitrogen and oxygen atoms in total. The van der Waals surface area contributed by atoms with Gasteiger partial charge in [-0.05, 0) is 70.1 Å². The molecule has 0 spiro atoms. The van der Waals surface area contributed by atoms with Crippen molar-refractivity contribution in [1.29, 1.82) is 0 Å². The topological polar surface area (TPSA) is 74.8 Å². The molecular weight excluding hydrogens is 926 g/mol. The number of hydrogen-bond acceptors (Lipinski definition) is 5. The minimum absolute atomic E-state index is 0. The highest BCUT2D eigenvalue weighted by Crippen LogP contribution is 2.48. The molecule has 0 atom stereocenters. The maximum atomic E-state index is 7.19. The third-order valence-electron chi connectivity index (χ3n) is 11.7. The lowest BCUT2D eigenvalue weighted by Gasteiger charge is -2.20. The first-order valence-electron chi connectivity index (χ1n) is 20.8. The molecule has 1 aliphatic rings. The van der Waals surface area contributed by atoms with E-state index >= 15 is 0 Å². The van der Waals surface area contributed by atoms with E-state index in [1.54, 1.807) is 0 Å². The van der Waals surface area contributed by atoms with Crippen molar-refractivity contribution in [2.45, 2.75) is 26.2 Å². The number of rotatable bonds is 0. The zero-order valence-corrected chi connectivity index (χ0v) is 37.6. The Morgan fingerprint density at radius 1 is 0.438 bits per heavy atom. The smallest absolute Gasteiger partial charge is 0.244 e. The third kappa shape index (κ3) is 7.78. The number of halogens is 2. The summed E-state index contributed by atoms with van der Waals surface area (Å²) in [6.45, 7) is 2.36. The van der Waals surface area contributed by atoms with Gasteiger partial charge in [-0.25, -0.2) is 33.2 Å². The summed E-state index contributed by atoms with van der Waals surface area (Å²) in [5, 5.41) is 6.32. The first-order valence-corrected chi connectivity index (χ1v) is 20.8. The summed E-state index contributed by atoms with van der Waals surface area (Å²) in [6.07, 6.45) is 12.6. The fraction of sp³-hybridized carbons (Fsp3) is 0.0755. The summed E-state index contributed by atoms with van der Waals surface area (Å²) in [5.74, 6) is 2.42. The van der Waals surface area contributed by atoms with Crippen LogP contribution in [0.25, 0.3) is 54.5 Å². The summed E-state index contributed by atoms with van der Waals surface area (Å²) >= 11 is 0. The van der Waals surface area contributed by atoms with Crippen LogP contribution in [0.5, 0.6) is 23.3 Å². The number of aromatic nitrogens is 7. The summed E-state index contributed by atoms with van der Waals surface area (Å²) in [6, 6.07) is 52.3. The maximum Gasteiger partial charge on any atom is 0.244 e. The lowest BCUT2D eigenvalue weighted by Crippen LogP contribution is -3.00. The van der Waals surface area contributed by atoms with Gasteiger partial charge in [0.15, 0.2) is 0 Å². The molecule has 64 heavy (non-hydrogen) atoms. The van der Waals surface area contributed by atoms with Gasteiger partial charge in [-0.3, -0.25) is 0 Å². The van der Waals surface area contributed by atoms with E-state index in [0.717, 1.165) is 77.0 Å². The summed E-state index contributed by atoms with van der Waals surface area (Å²) in [7, 11) is 0. The van der Waals surface area contributed by atoms with E-state index in [4.69, 9.17) is 24.4 Å². The second-order valence-electron chi connectivity index (χ2n) is 16.0. The molecule has 11 aromatic rings. The number of fused-ring (bicyclic) bond motifs is 17. The Labute approximate surface area is 390 Å². The van der Waals surface area contributed by atoms with Gasteiger partial charge in [0.25, 0.3) is 0 Å². The van der Waals surface area contributed by atoms with Crippen molar-refractivity contribution in [2.24, 2.45) is 0 Å². The van der Waals surface area contributed by atoms with Crippen LogP contribution >= 0.6 is 0 Å². The SMILES string of the molecule is [Br-].[Br-].c1cc2nc(c1)C[n+]1ccn(c1)Cc1cc3ccccc3nc1Oc1ccc3ccccc3c1-c1c(ccc3ccccc13)Oc1nc3ccccc3cc1Cn1cc[n+](c1)C2. The van der Waals surface area contributed by atoms with Gasteiger partial charge in [-0.2, -0.15) is 0 Å². The lowest BCUT2D eigenvalue weighted by atomic mass is 9.92. The standard InChI is InChI=1S/C53H39N7O2.2BrH/c1-5-16-44-36(10-1)20-22-48-50(44)51-45-17-6-2-11-37(45)21-23-49(51)62-53-41(29-39-13-4-8-19-47(39)56-53)31-58-25-27-60(35-58)33-43-15-9-14-42(54-43)32-59-26-24-57(34-59)30-40-28-38-12-3-7-18-46(38)55-52(40)61-48;;/h1-29,34-35H,30-33H2;2*1H/q+2;;/p-2. The number of benzene rings is 6. The van der Waals surface area contributed by atoms with E-state index in [9.17, 15) is 0 Å². The molecule has 0 N–H and O–H groups in total. The fourth-order valence-electron chi connectivity index (χ4n) is 8.81. The summed E-state index contributed by atoms with van der Waals surface area (Å²) in [4.78, 5) is 15.5. The first kappa shape index (κ1) is 40.8. The fourth-order valence-corrected chi connectivity index (χ4v) is 8.81. The molecule has 0 fully saturated rings. The predicted octanol–water partition coefficient (Wildman–Crippen LogP) is 4.43.